The number of benzene rings is 8. The fourth-order valence-electron chi connectivity index (χ4n) is 7.97. The summed E-state index contributed by atoms with van der Waals surface area (Å²) in [6.07, 6.45) is 0. The number of furan rings is 1. The maximum atomic E-state index is 6.49. The lowest BCUT2D eigenvalue weighted by Crippen LogP contribution is -2.00. The second-order valence-electron chi connectivity index (χ2n) is 14.2. The van der Waals surface area contributed by atoms with E-state index in [9.17, 15) is 0 Å². The highest BCUT2D eigenvalue weighted by Gasteiger charge is 2.20. The minimum absolute atomic E-state index is 0.574. The normalized spacial score (nSPS) is 11.9. The zero-order chi connectivity index (χ0) is 37.5. The highest BCUT2D eigenvalue weighted by atomic mass is 32.1. The number of rotatable bonds is 5. The molecule has 0 aliphatic heterocycles. The predicted octanol–water partition coefficient (Wildman–Crippen LogP) is 13.8. The SMILES string of the molecule is c1ccc(-c2nc(-c3ccc(-c4ccc5sc6ccccc6c5c4)cc3)nc(-c3ccc4ccc5oc6ccc7nc(-c8ccccc8)oc7c6c5c4c3)n2)cc1. The standard InChI is InChI=1S/C50H28N4O2S/c1-3-9-31(10-4-1)47-52-48(32-18-15-29(16-19-32)34-22-26-43-38(27-34)36-13-7-8-14-42(36)57-43)54-49(53-47)35-20-17-30-21-24-40-44(37(30)28-35)45-41(55-40)25-23-39-46(45)56-50(51-39)33-11-5-2-6-12-33/h1-28H. The summed E-state index contributed by atoms with van der Waals surface area (Å²) in [6.45, 7) is 0. The molecule has 0 fully saturated rings. The quantitative estimate of drug-likeness (QED) is 0.174. The second-order valence-corrected chi connectivity index (χ2v) is 15.3. The van der Waals surface area contributed by atoms with Gasteiger partial charge < -0.3 is 8.83 Å². The average Bonchev–Trinajstić information content (AvgIpc) is 4.00. The Bertz CT molecular complexity index is 3520. The van der Waals surface area contributed by atoms with Crippen molar-refractivity contribution in [2.24, 2.45) is 0 Å². The number of aromatic nitrogens is 4. The second kappa shape index (κ2) is 12.5. The molecule has 0 bridgehead atoms. The molecule has 0 unspecified atom stereocenters. The summed E-state index contributed by atoms with van der Waals surface area (Å²) in [4.78, 5) is 20.1. The minimum Gasteiger partial charge on any atom is -0.456 e. The third-order valence-corrected chi connectivity index (χ3v) is 11.9. The van der Waals surface area contributed by atoms with Crippen LogP contribution in [0.1, 0.15) is 0 Å². The Kier molecular flexibility index (Phi) is 7.00. The molecule has 0 saturated heterocycles. The van der Waals surface area contributed by atoms with E-state index >= 15 is 0 Å². The van der Waals surface area contributed by atoms with Gasteiger partial charge in [0.2, 0.25) is 5.89 Å². The first-order chi connectivity index (χ1) is 28.2. The molecule has 57 heavy (non-hydrogen) atoms. The number of thiophene rings is 1. The molecule has 0 radical (unpaired) electrons. The van der Waals surface area contributed by atoms with Crippen molar-refractivity contribution in [2.75, 3.05) is 0 Å². The number of hydrogen-bond acceptors (Lipinski definition) is 7. The van der Waals surface area contributed by atoms with E-state index in [-0.39, 0.29) is 0 Å². The van der Waals surface area contributed by atoms with Gasteiger partial charge in [-0.2, -0.15) is 0 Å². The first-order valence-electron chi connectivity index (χ1n) is 18.8. The van der Waals surface area contributed by atoms with E-state index in [1.54, 1.807) is 0 Å². The van der Waals surface area contributed by atoms with Crippen molar-refractivity contribution in [2.45, 2.75) is 0 Å². The molecule has 4 heterocycles. The van der Waals surface area contributed by atoms with Crippen LogP contribution >= 0.6 is 11.3 Å². The van der Waals surface area contributed by atoms with Crippen molar-refractivity contribution >= 4 is 75.3 Å². The Hall–Kier alpha value is -7.48. The maximum absolute atomic E-state index is 6.49. The van der Waals surface area contributed by atoms with Gasteiger partial charge in [0, 0.05) is 47.8 Å². The molecule has 12 aromatic rings. The molecule has 0 spiro atoms. The van der Waals surface area contributed by atoms with Gasteiger partial charge in [-0.25, -0.2) is 19.9 Å². The number of oxazole rings is 1. The molecule has 266 valence electrons. The van der Waals surface area contributed by atoms with Gasteiger partial charge in [-0.15, -0.1) is 11.3 Å². The Balaban J connectivity index is 0.996. The smallest absolute Gasteiger partial charge is 0.227 e. The summed E-state index contributed by atoms with van der Waals surface area (Å²) in [6, 6.07) is 58.3. The lowest BCUT2D eigenvalue weighted by atomic mass is 10.0. The summed E-state index contributed by atoms with van der Waals surface area (Å²) in [5.74, 6) is 2.37. The van der Waals surface area contributed by atoms with E-state index in [4.69, 9.17) is 28.8 Å². The van der Waals surface area contributed by atoms with Crippen molar-refractivity contribution in [3.05, 3.63) is 170 Å². The minimum atomic E-state index is 0.574. The highest BCUT2D eigenvalue weighted by molar-refractivity contribution is 7.25. The van der Waals surface area contributed by atoms with E-state index in [1.807, 2.05) is 90.2 Å². The summed E-state index contributed by atoms with van der Waals surface area (Å²) in [5, 5.41) is 6.51. The number of fused-ring (bicyclic) bond motifs is 10. The molecule has 7 heteroatoms. The molecule has 8 aromatic carbocycles. The number of hydrogen-bond donors (Lipinski definition) is 0. The Morgan fingerprint density at radius 3 is 1.75 bits per heavy atom. The lowest BCUT2D eigenvalue weighted by Gasteiger charge is -2.10. The first-order valence-corrected chi connectivity index (χ1v) is 19.6. The van der Waals surface area contributed by atoms with Gasteiger partial charge in [0.15, 0.2) is 23.1 Å². The van der Waals surface area contributed by atoms with Crippen molar-refractivity contribution < 1.29 is 8.83 Å². The Morgan fingerprint density at radius 2 is 0.947 bits per heavy atom. The van der Waals surface area contributed by atoms with Gasteiger partial charge in [0.1, 0.15) is 16.7 Å². The van der Waals surface area contributed by atoms with Crippen molar-refractivity contribution in [3.63, 3.8) is 0 Å². The van der Waals surface area contributed by atoms with E-state index in [1.165, 1.54) is 25.7 Å². The number of nitrogens with zero attached hydrogens (tertiary/aromatic N) is 4. The monoisotopic (exact) mass is 748 g/mol. The molecular formula is C50H28N4O2S. The predicted molar refractivity (Wildman–Crippen MR) is 232 cm³/mol. The van der Waals surface area contributed by atoms with E-state index < -0.39 is 0 Å². The van der Waals surface area contributed by atoms with Gasteiger partial charge in [0.05, 0.1) is 5.39 Å². The van der Waals surface area contributed by atoms with Crippen molar-refractivity contribution in [1.82, 2.24) is 19.9 Å². The summed E-state index contributed by atoms with van der Waals surface area (Å²) >= 11 is 1.83. The first kappa shape index (κ1) is 31.8. The van der Waals surface area contributed by atoms with Crippen molar-refractivity contribution in [1.29, 1.82) is 0 Å². The van der Waals surface area contributed by atoms with Gasteiger partial charge in [-0.05, 0) is 76.5 Å². The van der Waals surface area contributed by atoms with Crippen LogP contribution in [0, 0.1) is 0 Å². The van der Waals surface area contributed by atoms with E-state index in [2.05, 4.69) is 91.0 Å². The molecule has 0 aliphatic rings. The van der Waals surface area contributed by atoms with Crippen LogP contribution in [0.25, 0.3) is 121 Å². The fourth-order valence-corrected chi connectivity index (χ4v) is 9.05. The molecule has 0 amide bonds. The Labute approximate surface area is 329 Å². The molecule has 0 N–H and O–H groups in total. The maximum Gasteiger partial charge on any atom is 0.227 e. The molecule has 0 atom stereocenters. The molecule has 0 aliphatic carbocycles. The largest absolute Gasteiger partial charge is 0.456 e. The van der Waals surface area contributed by atoms with Gasteiger partial charge in [0.25, 0.3) is 0 Å². The van der Waals surface area contributed by atoms with Crippen LogP contribution in [0.3, 0.4) is 0 Å². The topological polar surface area (TPSA) is 77.8 Å². The summed E-state index contributed by atoms with van der Waals surface area (Å²) in [5.41, 5.74) is 8.91. The van der Waals surface area contributed by atoms with E-state index in [0.717, 1.165) is 66.0 Å². The van der Waals surface area contributed by atoms with Gasteiger partial charge in [-0.1, -0.05) is 115 Å². The molecule has 4 aromatic heterocycles. The van der Waals surface area contributed by atoms with Crippen LogP contribution in [-0.2, 0) is 0 Å². The zero-order valence-corrected chi connectivity index (χ0v) is 31.0. The Morgan fingerprint density at radius 1 is 0.368 bits per heavy atom. The lowest BCUT2D eigenvalue weighted by molar-refractivity contribution is 0.622. The highest BCUT2D eigenvalue weighted by Crippen LogP contribution is 2.41. The van der Waals surface area contributed by atoms with Crippen LogP contribution in [0.2, 0.25) is 0 Å². The van der Waals surface area contributed by atoms with Crippen LogP contribution in [0.4, 0.5) is 0 Å². The van der Waals surface area contributed by atoms with Crippen molar-refractivity contribution in [3.8, 4) is 56.7 Å². The third-order valence-electron chi connectivity index (χ3n) is 10.8. The van der Waals surface area contributed by atoms with E-state index in [0.29, 0.717) is 28.9 Å². The van der Waals surface area contributed by atoms with Gasteiger partial charge >= 0.3 is 0 Å². The average molecular weight is 749 g/mol. The molecule has 0 saturated carbocycles. The molecular weight excluding hydrogens is 721 g/mol. The zero-order valence-electron chi connectivity index (χ0n) is 30.2. The third kappa shape index (κ3) is 5.24. The molecule has 6 nitrogen and oxygen atoms in total. The van der Waals surface area contributed by atoms with Crippen LogP contribution in [0.5, 0.6) is 0 Å². The summed E-state index contributed by atoms with van der Waals surface area (Å²) < 4.78 is 15.5. The summed E-state index contributed by atoms with van der Waals surface area (Å²) in [7, 11) is 0. The van der Waals surface area contributed by atoms with Crippen LogP contribution in [0.15, 0.2) is 179 Å². The van der Waals surface area contributed by atoms with Gasteiger partial charge in [-0.3, -0.25) is 0 Å². The fraction of sp³-hybridized carbons (Fsp3) is 0. The van der Waals surface area contributed by atoms with Crippen LogP contribution < -0.4 is 0 Å². The molecule has 12 rings (SSSR count). The van der Waals surface area contributed by atoms with Crippen LogP contribution in [-0.4, -0.2) is 19.9 Å².